The van der Waals surface area contributed by atoms with Gasteiger partial charge in [-0.05, 0) is 54.2 Å². The Labute approximate surface area is 141 Å². The molecule has 0 amide bonds. The molecule has 3 rings (SSSR count). The number of alkyl halides is 3. The summed E-state index contributed by atoms with van der Waals surface area (Å²) in [6, 6.07) is 10.2. The molecule has 2 aromatic rings. The molecule has 0 unspecified atom stereocenters. The van der Waals surface area contributed by atoms with Crippen molar-refractivity contribution in [2.24, 2.45) is 0 Å². The van der Waals surface area contributed by atoms with E-state index in [1.54, 1.807) is 0 Å². The number of anilines is 1. The fourth-order valence-corrected chi connectivity index (χ4v) is 2.34. The lowest BCUT2D eigenvalue weighted by atomic mass is 10.2. The van der Waals surface area contributed by atoms with Crippen molar-refractivity contribution in [2.75, 3.05) is 12.1 Å². The van der Waals surface area contributed by atoms with Crippen LogP contribution >= 0.6 is 12.2 Å². The number of fused-ring (bicyclic) bond motifs is 1. The minimum atomic E-state index is -4.35. The molecule has 0 aliphatic carbocycles. The van der Waals surface area contributed by atoms with Gasteiger partial charge in [0, 0.05) is 12.2 Å². The van der Waals surface area contributed by atoms with Crippen LogP contribution in [0.4, 0.5) is 18.9 Å². The van der Waals surface area contributed by atoms with Crippen LogP contribution in [0, 0.1) is 0 Å². The molecule has 1 heterocycles. The van der Waals surface area contributed by atoms with Crippen molar-refractivity contribution in [3.63, 3.8) is 0 Å². The third-order valence-corrected chi connectivity index (χ3v) is 3.61. The molecule has 126 valence electrons. The van der Waals surface area contributed by atoms with E-state index in [0.717, 1.165) is 17.7 Å². The van der Waals surface area contributed by atoms with Crippen LogP contribution in [-0.4, -0.2) is 11.9 Å². The summed E-state index contributed by atoms with van der Waals surface area (Å²) in [4.78, 5) is 0. The Balaban J connectivity index is 1.54. The number of hydrogen-bond donors (Lipinski definition) is 2. The molecule has 2 aromatic carbocycles. The van der Waals surface area contributed by atoms with Gasteiger partial charge in [0.2, 0.25) is 6.79 Å². The van der Waals surface area contributed by atoms with Crippen molar-refractivity contribution in [3.05, 3.63) is 53.6 Å². The van der Waals surface area contributed by atoms with Gasteiger partial charge in [-0.1, -0.05) is 6.07 Å². The Bertz CT molecular complexity index is 748. The largest absolute Gasteiger partial charge is 0.454 e. The molecule has 8 heteroatoms. The maximum Gasteiger partial charge on any atom is 0.416 e. The van der Waals surface area contributed by atoms with E-state index in [9.17, 15) is 13.2 Å². The maximum atomic E-state index is 12.5. The number of halogens is 3. The average molecular weight is 354 g/mol. The molecular weight excluding hydrogens is 341 g/mol. The van der Waals surface area contributed by atoms with Crippen LogP contribution in [0.5, 0.6) is 11.5 Å². The summed E-state index contributed by atoms with van der Waals surface area (Å²) in [5.74, 6) is 1.38. The fraction of sp³-hybridized carbons (Fsp3) is 0.188. The highest BCUT2D eigenvalue weighted by molar-refractivity contribution is 7.80. The van der Waals surface area contributed by atoms with Crippen LogP contribution < -0.4 is 20.1 Å². The van der Waals surface area contributed by atoms with Gasteiger partial charge in [0.05, 0.1) is 5.56 Å². The summed E-state index contributed by atoms with van der Waals surface area (Å²) in [5.41, 5.74) is 0.717. The summed E-state index contributed by atoms with van der Waals surface area (Å²) in [6.07, 6.45) is -4.35. The van der Waals surface area contributed by atoms with Gasteiger partial charge in [0.15, 0.2) is 16.6 Å². The van der Waals surface area contributed by atoms with Gasteiger partial charge in [0.25, 0.3) is 0 Å². The first-order valence-electron chi connectivity index (χ1n) is 7.02. The summed E-state index contributed by atoms with van der Waals surface area (Å²) in [5, 5.41) is 6.14. The van der Waals surface area contributed by atoms with Gasteiger partial charge in [-0.3, -0.25) is 0 Å². The molecule has 0 atom stereocenters. The molecular formula is C16H13F3N2O2S. The minimum absolute atomic E-state index is 0.208. The maximum absolute atomic E-state index is 12.5. The molecule has 4 nitrogen and oxygen atoms in total. The number of rotatable bonds is 3. The topological polar surface area (TPSA) is 42.5 Å². The van der Waals surface area contributed by atoms with Crippen molar-refractivity contribution in [1.82, 2.24) is 5.32 Å². The highest BCUT2D eigenvalue weighted by atomic mass is 32.1. The van der Waals surface area contributed by atoms with Crippen molar-refractivity contribution < 1.29 is 22.6 Å². The predicted octanol–water partition coefficient (Wildman–Crippen LogP) is 3.92. The van der Waals surface area contributed by atoms with Crippen molar-refractivity contribution in [2.45, 2.75) is 12.7 Å². The van der Waals surface area contributed by atoms with E-state index in [-0.39, 0.29) is 6.79 Å². The van der Waals surface area contributed by atoms with Gasteiger partial charge >= 0.3 is 6.18 Å². The standard InChI is InChI=1S/C16H13F3N2O2S/c17-16(18,19)11-2-4-12(5-3-11)21-15(24)20-8-10-1-6-13-14(7-10)23-9-22-13/h1-7H,8-9H2,(H2,20,21,24). The fourth-order valence-electron chi connectivity index (χ4n) is 2.15. The molecule has 1 aliphatic rings. The van der Waals surface area contributed by atoms with Crippen LogP contribution in [0.1, 0.15) is 11.1 Å². The second kappa shape index (κ2) is 6.56. The van der Waals surface area contributed by atoms with Crippen molar-refractivity contribution in [3.8, 4) is 11.5 Å². The lowest BCUT2D eigenvalue weighted by molar-refractivity contribution is -0.137. The lowest BCUT2D eigenvalue weighted by Gasteiger charge is -2.12. The van der Waals surface area contributed by atoms with Gasteiger partial charge in [-0.2, -0.15) is 13.2 Å². The Morgan fingerprint density at radius 3 is 2.46 bits per heavy atom. The van der Waals surface area contributed by atoms with Crippen LogP contribution in [0.2, 0.25) is 0 Å². The van der Waals surface area contributed by atoms with E-state index in [2.05, 4.69) is 10.6 Å². The monoisotopic (exact) mass is 354 g/mol. The first kappa shape index (κ1) is 16.4. The zero-order chi connectivity index (χ0) is 17.2. The molecule has 0 bridgehead atoms. The molecule has 0 fully saturated rings. The van der Waals surface area contributed by atoms with Crippen molar-refractivity contribution in [1.29, 1.82) is 0 Å². The van der Waals surface area contributed by atoms with E-state index >= 15 is 0 Å². The third kappa shape index (κ3) is 3.88. The summed E-state index contributed by atoms with van der Waals surface area (Å²) < 4.78 is 48.0. The number of benzene rings is 2. The second-order valence-corrected chi connectivity index (χ2v) is 5.48. The number of thiocarbonyl (C=S) groups is 1. The Morgan fingerprint density at radius 1 is 1.04 bits per heavy atom. The minimum Gasteiger partial charge on any atom is -0.454 e. The zero-order valence-electron chi connectivity index (χ0n) is 12.3. The van der Waals surface area contributed by atoms with E-state index < -0.39 is 11.7 Å². The van der Waals surface area contributed by atoms with Crippen LogP contribution in [-0.2, 0) is 12.7 Å². The zero-order valence-corrected chi connectivity index (χ0v) is 13.1. The first-order chi connectivity index (χ1) is 11.4. The normalized spacial score (nSPS) is 12.8. The number of nitrogens with one attached hydrogen (secondary N) is 2. The molecule has 2 N–H and O–H groups in total. The first-order valence-corrected chi connectivity index (χ1v) is 7.43. The molecule has 24 heavy (non-hydrogen) atoms. The SMILES string of the molecule is FC(F)(F)c1ccc(NC(=S)NCc2ccc3c(c2)OCO3)cc1. The van der Waals surface area contributed by atoms with Crippen LogP contribution in [0.15, 0.2) is 42.5 Å². The van der Waals surface area contributed by atoms with Crippen LogP contribution in [0.3, 0.4) is 0 Å². The van der Waals surface area contributed by atoms with Crippen LogP contribution in [0.25, 0.3) is 0 Å². The highest BCUT2D eigenvalue weighted by Gasteiger charge is 2.29. The summed E-state index contributed by atoms with van der Waals surface area (Å²) in [6.45, 7) is 0.656. The number of hydrogen-bond acceptors (Lipinski definition) is 3. The highest BCUT2D eigenvalue weighted by Crippen LogP contribution is 2.32. The van der Waals surface area contributed by atoms with E-state index in [1.165, 1.54) is 12.1 Å². The second-order valence-electron chi connectivity index (χ2n) is 5.07. The molecule has 0 aromatic heterocycles. The van der Waals surface area contributed by atoms with E-state index in [4.69, 9.17) is 21.7 Å². The molecule has 0 spiro atoms. The quantitative estimate of drug-likeness (QED) is 0.818. The number of ether oxygens (including phenoxy) is 2. The molecule has 1 aliphatic heterocycles. The smallest absolute Gasteiger partial charge is 0.416 e. The van der Waals surface area contributed by atoms with Crippen molar-refractivity contribution >= 4 is 23.0 Å². The van der Waals surface area contributed by atoms with E-state index in [1.807, 2.05) is 18.2 Å². The molecule has 0 saturated heterocycles. The van der Waals surface area contributed by atoms with Gasteiger partial charge in [-0.25, -0.2) is 0 Å². The Morgan fingerprint density at radius 2 is 1.75 bits per heavy atom. The molecule has 0 saturated carbocycles. The third-order valence-electron chi connectivity index (χ3n) is 3.36. The van der Waals surface area contributed by atoms with Gasteiger partial charge in [0.1, 0.15) is 0 Å². The Kier molecular flexibility index (Phi) is 4.48. The van der Waals surface area contributed by atoms with Gasteiger partial charge in [-0.15, -0.1) is 0 Å². The Hall–Kier alpha value is -2.48. The predicted molar refractivity (Wildman–Crippen MR) is 87.1 cm³/mol. The average Bonchev–Trinajstić information content (AvgIpc) is 3.00. The van der Waals surface area contributed by atoms with E-state index in [0.29, 0.717) is 28.8 Å². The lowest BCUT2D eigenvalue weighted by Crippen LogP contribution is -2.27. The molecule has 0 radical (unpaired) electrons. The van der Waals surface area contributed by atoms with Gasteiger partial charge < -0.3 is 20.1 Å². The summed E-state index contributed by atoms with van der Waals surface area (Å²) in [7, 11) is 0. The summed E-state index contributed by atoms with van der Waals surface area (Å²) >= 11 is 5.14.